The summed E-state index contributed by atoms with van der Waals surface area (Å²) in [6, 6.07) is 1.59. The van der Waals surface area contributed by atoms with Crippen LogP contribution in [0.3, 0.4) is 0 Å². The van der Waals surface area contributed by atoms with Crippen LogP contribution in [-0.2, 0) is 0 Å². The van der Waals surface area contributed by atoms with Crippen LogP contribution in [0.4, 0.5) is 52.7 Å². The fourth-order valence-electron chi connectivity index (χ4n) is 4.77. The minimum absolute atomic E-state index is 0.398. The summed E-state index contributed by atoms with van der Waals surface area (Å²) in [5, 5.41) is -7.18. The van der Waals surface area contributed by atoms with Crippen LogP contribution >= 0.6 is 0 Å². The predicted octanol–water partition coefficient (Wildman–Crippen LogP) is 9.01. The smallest absolute Gasteiger partial charge is 0.198 e. The minimum Gasteiger partial charge on any atom is -0.497 e. The molecule has 0 saturated heterocycles. The van der Waals surface area contributed by atoms with Crippen LogP contribution in [-0.4, -0.2) is 14.2 Å². The molecule has 0 aliphatic rings. The summed E-state index contributed by atoms with van der Waals surface area (Å²) in [6.45, 7) is 0. The molecule has 5 rings (SSSR count). The SMILES string of the molecule is COc1cc(F)c(-c2c3c(F)c(F)c(F)c(F)c3c(-c3c(F)cc(OC)cc3F)c3c(F)c(F)c(F)c(F)c23)c(F)c1. The molecular weight excluding hydrogens is 596 g/mol. The Balaban J connectivity index is 2.26. The Labute approximate surface area is 226 Å². The van der Waals surface area contributed by atoms with E-state index in [-0.39, 0.29) is 0 Å². The molecule has 0 N–H and O–H groups in total. The third-order valence-corrected chi connectivity index (χ3v) is 6.54. The maximum atomic E-state index is 15.5. The van der Waals surface area contributed by atoms with Crippen molar-refractivity contribution in [1.82, 2.24) is 0 Å². The number of hydrogen-bond donors (Lipinski definition) is 0. The topological polar surface area (TPSA) is 18.5 Å². The Morgan fingerprint density at radius 3 is 0.738 bits per heavy atom. The first-order chi connectivity index (χ1) is 19.8. The van der Waals surface area contributed by atoms with Gasteiger partial charge in [-0.15, -0.1) is 0 Å². The molecule has 0 fully saturated rings. The van der Waals surface area contributed by atoms with Crippen molar-refractivity contribution < 1.29 is 62.2 Å². The summed E-state index contributed by atoms with van der Waals surface area (Å²) in [4.78, 5) is 0. The van der Waals surface area contributed by atoms with Crippen molar-refractivity contribution in [2.24, 2.45) is 0 Å². The van der Waals surface area contributed by atoms with Gasteiger partial charge in [-0.3, -0.25) is 0 Å². The van der Waals surface area contributed by atoms with Gasteiger partial charge in [0.05, 0.1) is 25.3 Å². The second-order valence-electron chi connectivity index (χ2n) is 8.69. The summed E-state index contributed by atoms with van der Waals surface area (Å²) in [5.74, 6) is -28.9. The Kier molecular flexibility index (Phi) is 6.90. The van der Waals surface area contributed by atoms with Crippen LogP contribution < -0.4 is 9.47 Å². The number of hydrogen-bond acceptors (Lipinski definition) is 2. The first-order valence-electron chi connectivity index (χ1n) is 11.3. The first-order valence-corrected chi connectivity index (χ1v) is 11.3. The Bertz CT molecular complexity index is 1720. The second-order valence-corrected chi connectivity index (χ2v) is 8.69. The molecule has 0 spiro atoms. The van der Waals surface area contributed by atoms with Crippen LogP contribution in [0, 0.1) is 69.8 Å². The zero-order valence-electron chi connectivity index (χ0n) is 20.7. The van der Waals surface area contributed by atoms with Crippen molar-refractivity contribution in [3.63, 3.8) is 0 Å². The predicted molar refractivity (Wildman–Crippen MR) is 125 cm³/mol. The molecule has 5 aromatic rings. The largest absolute Gasteiger partial charge is 0.497 e. The van der Waals surface area contributed by atoms with Crippen LogP contribution in [0.2, 0.25) is 0 Å². The van der Waals surface area contributed by atoms with Crippen molar-refractivity contribution >= 4 is 21.5 Å². The minimum atomic E-state index is -2.65. The number of benzene rings is 5. The zero-order chi connectivity index (χ0) is 30.9. The zero-order valence-corrected chi connectivity index (χ0v) is 20.7. The highest BCUT2D eigenvalue weighted by atomic mass is 19.2. The van der Waals surface area contributed by atoms with Crippen molar-refractivity contribution in [3.05, 3.63) is 94.1 Å². The highest BCUT2D eigenvalue weighted by molar-refractivity contribution is 6.22. The second kappa shape index (κ2) is 10.0. The van der Waals surface area contributed by atoms with E-state index >= 15 is 35.1 Å². The molecule has 14 heteroatoms. The van der Waals surface area contributed by atoms with Crippen molar-refractivity contribution in [2.75, 3.05) is 14.2 Å². The van der Waals surface area contributed by atoms with Crippen molar-refractivity contribution in [3.8, 4) is 33.8 Å². The highest BCUT2D eigenvalue weighted by Gasteiger charge is 2.36. The number of rotatable bonds is 4. The van der Waals surface area contributed by atoms with Crippen molar-refractivity contribution in [2.45, 2.75) is 0 Å². The highest BCUT2D eigenvalue weighted by Crippen LogP contribution is 2.51. The van der Waals surface area contributed by atoms with E-state index in [1.54, 1.807) is 0 Å². The van der Waals surface area contributed by atoms with Gasteiger partial charge in [0.15, 0.2) is 46.5 Å². The molecular formula is C28H10F12O2. The van der Waals surface area contributed by atoms with E-state index in [0.29, 0.717) is 24.3 Å². The molecule has 0 aliphatic heterocycles. The van der Waals surface area contributed by atoms with Crippen LogP contribution in [0.1, 0.15) is 0 Å². The monoisotopic (exact) mass is 606 g/mol. The molecule has 0 aromatic heterocycles. The van der Waals surface area contributed by atoms with E-state index in [1.807, 2.05) is 0 Å². The number of methoxy groups -OCH3 is 2. The van der Waals surface area contributed by atoms with Gasteiger partial charge in [0.1, 0.15) is 34.8 Å². The van der Waals surface area contributed by atoms with Gasteiger partial charge in [0, 0.05) is 56.9 Å². The Hall–Kier alpha value is -4.62. The standard InChI is InChI=1S/C28H10F12O2/c1-41-7-3-9(29)13(10(30)4-7)15-17-19(23(35)27(39)25(37)21(17)33)16(14-11(31)5-8(42-2)6-12(14)32)20-18(15)22(34)26(38)28(40)24(20)36/h3-6H,1-2H3. The van der Waals surface area contributed by atoms with E-state index in [9.17, 15) is 17.6 Å². The van der Waals surface area contributed by atoms with E-state index in [4.69, 9.17) is 0 Å². The molecule has 42 heavy (non-hydrogen) atoms. The molecule has 2 nitrogen and oxygen atoms in total. The van der Waals surface area contributed by atoms with Crippen LogP contribution in [0.15, 0.2) is 24.3 Å². The van der Waals surface area contributed by atoms with Gasteiger partial charge in [-0.25, -0.2) is 52.7 Å². The summed E-state index contributed by atoms with van der Waals surface area (Å²) >= 11 is 0. The van der Waals surface area contributed by atoms with Gasteiger partial charge in [-0.05, 0) is 0 Å². The number of ether oxygens (including phenoxy) is 2. The molecule has 0 atom stereocenters. The lowest BCUT2D eigenvalue weighted by Gasteiger charge is -2.22. The Morgan fingerprint density at radius 2 is 0.548 bits per heavy atom. The van der Waals surface area contributed by atoms with Gasteiger partial charge in [0.25, 0.3) is 0 Å². The Morgan fingerprint density at radius 1 is 0.333 bits per heavy atom. The van der Waals surface area contributed by atoms with Gasteiger partial charge >= 0.3 is 0 Å². The summed E-state index contributed by atoms with van der Waals surface area (Å²) in [6.07, 6.45) is 0. The van der Waals surface area contributed by atoms with Crippen LogP contribution in [0.25, 0.3) is 43.8 Å². The maximum absolute atomic E-state index is 15.5. The summed E-state index contributed by atoms with van der Waals surface area (Å²) < 4.78 is 191. The number of fused-ring (bicyclic) bond motifs is 2. The molecule has 0 bridgehead atoms. The van der Waals surface area contributed by atoms with Gasteiger partial charge in [0.2, 0.25) is 0 Å². The third-order valence-electron chi connectivity index (χ3n) is 6.54. The molecule has 0 unspecified atom stereocenters. The molecule has 0 radical (unpaired) electrons. The van der Waals surface area contributed by atoms with Crippen molar-refractivity contribution in [1.29, 1.82) is 0 Å². The van der Waals surface area contributed by atoms with E-state index in [0.717, 1.165) is 14.2 Å². The lowest BCUT2D eigenvalue weighted by atomic mass is 9.84. The lowest BCUT2D eigenvalue weighted by molar-refractivity contribution is 0.407. The van der Waals surface area contributed by atoms with Gasteiger partial charge in [-0.1, -0.05) is 0 Å². The summed E-state index contributed by atoms with van der Waals surface area (Å²) in [7, 11) is 1.90. The molecule has 5 aromatic carbocycles. The molecule has 0 saturated carbocycles. The first kappa shape index (κ1) is 28.9. The van der Waals surface area contributed by atoms with E-state index in [2.05, 4.69) is 9.47 Å². The quantitative estimate of drug-likeness (QED) is 0.0880. The van der Waals surface area contributed by atoms with Gasteiger partial charge in [-0.2, -0.15) is 0 Å². The molecule has 218 valence electrons. The third kappa shape index (κ3) is 3.91. The summed E-state index contributed by atoms with van der Waals surface area (Å²) in [5.41, 5.74) is -6.55. The van der Waals surface area contributed by atoms with Crippen LogP contribution in [0.5, 0.6) is 11.5 Å². The number of halogens is 12. The average Bonchev–Trinajstić information content (AvgIpc) is 2.95. The molecule has 0 amide bonds. The van der Waals surface area contributed by atoms with E-state index < -0.39 is 125 Å². The average molecular weight is 606 g/mol. The molecule has 0 aliphatic carbocycles. The fourth-order valence-corrected chi connectivity index (χ4v) is 4.77. The van der Waals surface area contributed by atoms with Gasteiger partial charge < -0.3 is 9.47 Å². The molecule has 0 heterocycles. The maximum Gasteiger partial charge on any atom is 0.198 e. The fraction of sp³-hybridized carbons (Fsp3) is 0.0714. The van der Waals surface area contributed by atoms with E-state index in [1.165, 1.54) is 0 Å². The normalized spacial score (nSPS) is 11.6. The lowest BCUT2D eigenvalue weighted by Crippen LogP contribution is -2.09.